The van der Waals surface area contributed by atoms with Gasteiger partial charge in [0.1, 0.15) is 0 Å². The van der Waals surface area contributed by atoms with Gasteiger partial charge in [0.2, 0.25) is 0 Å². The van der Waals surface area contributed by atoms with Crippen LogP contribution in [0, 0.1) is 5.92 Å². The van der Waals surface area contributed by atoms with Crippen LogP contribution in [-0.2, 0) is 11.3 Å². The Hall–Kier alpha value is -2.10. The van der Waals surface area contributed by atoms with E-state index in [1.165, 1.54) is 0 Å². The minimum atomic E-state index is -0.797. The second-order valence-corrected chi connectivity index (χ2v) is 5.02. The summed E-state index contributed by atoms with van der Waals surface area (Å²) >= 11 is 0. The minimum absolute atomic E-state index is 0.0480. The molecule has 0 saturated heterocycles. The van der Waals surface area contributed by atoms with Crippen molar-refractivity contribution >= 4 is 5.97 Å². The third-order valence-electron chi connectivity index (χ3n) is 3.13. The molecule has 0 amide bonds. The van der Waals surface area contributed by atoms with Crippen molar-refractivity contribution in [1.82, 2.24) is 9.78 Å². The Bertz CT molecular complexity index is 546. The summed E-state index contributed by atoms with van der Waals surface area (Å²) < 4.78 is 1.78. The van der Waals surface area contributed by atoms with E-state index in [0.717, 1.165) is 11.1 Å². The second kappa shape index (κ2) is 5.69. The molecule has 0 aliphatic heterocycles. The summed E-state index contributed by atoms with van der Waals surface area (Å²) in [6, 6.07) is 9.98. The fraction of sp³-hybridized carbons (Fsp3) is 0.333. The fourth-order valence-electron chi connectivity index (χ4n) is 2.21. The highest BCUT2D eigenvalue weighted by molar-refractivity contribution is 5.76. The molecule has 0 spiro atoms. The van der Waals surface area contributed by atoms with Crippen molar-refractivity contribution < 1.29 is 9.90 Å². The Balaban J connectivity index is 2.17. The third-order valence-corrected chi connectivity index (χ3v) is 3.13. The highest BCUT2D eigenvalue weighted by atomic mass is 16.4. The number of rotatable bonds is 5. The Morgan fingerprint density at radius 2 is 2.00 bits per heavy atom. The molecule has 1 heterocycles. The monoisotopic (exact) mass is 258 g/mol. The molecule has 1 unspecified atom stereocenters. The zero-order chi connectivity index (χ0) is 13.8. The number of carboxylic acids is 1. The summed E-state index contributed by atoms with van der Waals surface area (Å²) in [7, 11) is 0. The molecule has 0 aliphatic rings. The zero-order valence-corrected chi connectivity index (χ0v) is 11.2. The van der Waals surface area contributed by atoms with Gasteiger partial charge in [0, 0.05) is 11.8 Å². The molecule has 4 nitrogen and oxygen atoms in total. The molecule has 100 valence electrons. The molecular formula is C15H18N2O2. The van der Waals surface area contributed by atoms with E-state index < -0.39 is 11.9 Å². The number of nitrogens with zero attached hydrogens (tertiary/aromatic N) is 2. The van der Waals surface area contributed by atoms with E-state index in [1.54, 1.807) is 10.9 Å². The summed E-state index contributed by atoms with van der Waals surface area (Å²) in [4.78, 5) is 11.3. The zero-order valence-electron chi connectivity index (χ0n) is 11.2. The van der Waals surface area contributed by atoms with Crippen molar-refractivity contribution in [1.29, 1.82) is 0 Å². The van der Waals surface area contributed by atoms with E-state index in [9.17, 15) is 9.90 Å². The van der Waals surface area contributed by atoms with Gasteiger partial charge in [0.05, 0.1) is 18.7 Å². The summed E-state index contributed by atoms with van der Waals surface area (Å²) in [6.45, 7) is 4.48. The van der Waals surface area contributed by atoms with Crippen LogP contribution in [0.25, 0.3) is 0 Å². The number of aromatic nitrogens is 2. The summed E-state index contributed by atoms with van der Waals surface area (Å²) in [5.74, 6) is -1.24. The van der Waals surface area contributed by atoms with Crippen LogP contribution in [0.4, 0.5) is 0 Å². The highest BCUT2D eigenvalue weighted by Gasteiger charge is 2.24. The smallest absolute Gasteiger partial charge is 0.311 e. The maximum atomic E-state index is 11.3. The predicted molar refractivity (Wildman–Crippen MR) is 73.0 cm³/mol. The first kappa shape index (κ1) is 13.3. The van der Waals surface area contributed by atoms with Crippen LogP contribution in [0.15, 0.2) is 42.7 Å². The molecule has 19 heavy (non-hydrogen) atoms. The molecule has 0 aliphatic carbocycles. The van der Waals surface area contributed by atoms with E-state index in [-0.39, 0.29) is 5.92 Å². The van der Waals surface area contributed by atoms with Crippen LogP contribution in [0.1, 0.15) is 30.9 Å². The van der Waals surface area contributed by atoms with Crippen molar-refractivity contribution in [3.63, 3.8) is 0 Å². The number of carboxylic acid groups (broad SMARTS) is 1. The third kappa shape index (κ3) is 3.22. The second-order valence-electron chi connectivity index (χ2n) is 5.02. The lowest BCUT2D eigenvalue weighted by Gasteiger charge is -2.13. The van der Waals surface area contributed by atoms with Crippen LogP contribution in [0.5, 0.6) is 0 Å². The van der Waals surface area contributed by atoms with Gasteiger partial charge in [-0.3, -0.25) is 9.48 Å². The number of carbonyl (C=O) groups is 1. The Morgan fingerprint density at radius 3 is 2.58 bits per heavy atom. The standard InChI is InChI=1S/C15H18N2O2/c1-11(2)14(15(18)19)13-8-16-17(10-13)9-12-6-4-3-5-7-12/h3-8,10-11,14H,9H2,1-2H3,(H,18,19). The molecule has 0 radical (unpaired) electrons. The van der Waals surface area contributed by atoms with Gasteiger partial charge in [-0.1, -0.05) is 44.2 Å². The summed E-state index contributed by atoms with van der Waals surface area (Å²) in [5, 5.41) is 13.5. The van der Waals surface area contributed by atoms with Gasteiger partial charge in [-0.25, -0.2) is 0 Å². The van der Waals surface area contributed by atoms with Gasteiger partial charge < -0.3 is 5.11 Å². The molecule has 2 aromatic rings. The van der Waals surface area contributed by atoms with Crippen LogP contribution in [0.3, 0.4) is 0 Å². The molecule has 2 rings (SSSR count). The lowest BCUT2D eigenvalue weighted by molar-refractivity contribution is -0.139. The topological polar surface area (TPSA) is 55.1 Å². The molecule has 1 atom stereocenters. The average Bonchev–Trinajstić information content (AvgIpc) is 2.77. The largest absolute Gasteiger partial charge is 0.481 e. The van der Waals surface area contributed by atoms with Gasteiger partial charge in [-0.2, -0.15) is 5.10 Å². The van der Waals surface area contributed by atoms with Gasteiger partial charge in [-0.05, 0) is 11.5 Å². The molecule has 0 saturated carbocycles. The van der Waals surface area contributed by atoms with E-state index in [1.807, 2.05) is 50.4 Å². The molecule has 4 heteroatoms. The Morgan fingerprint density at radius 1 is 1.32 bits per heavy atom. The maximum Gasteiger partial charge on any atom is 0.311 e. The fourth-order valence-corrected chi connectivity index (χ4v) is 2.21. The number of hydrogen-bond donors (Lipinski definition) is 1. The lowest BCUT2D eigenvalue weighted by Crippen LogP contribution is -2.16. The Kier molecular flexibility index (Phi) is 4.00. The first-order chi connectivity index (χ1) is 9.08. The van der Waals surface area contributed by atoms with Crippen molar-refractivity contribution in [3.05, 3.63) is 53.9 Å². The predicted octanol–water partition coefficient (Wildman–Crippen LogP) is 2.76. The summed E-state index contributed by atoms with van der Waals surface area (Å²) in [5.41, 5.74) is 1.91. The van der Waals surface area contributed by atoms with Gasteiger partial charge >= 0.3 is 5.97 Å². The Labute approximate surface area is 112 Å². The van der Waals surface area contributed by atoms with Crippen molar-refractivity contribution in [3.8, 4) is 0 Å². The van der Waals surface area contributed by atoms with E-state index >= 15 is 0 Å². The normalized spacial score (nSPS) is 12.6. The molecular weight excluding hydrogens is 240 g/mol. The molecule has 1 aromatic heterocycles. The van der Waals surface area contributed by atoms with E-state index in [4.69, 9.17) is 0 Å². The van der Waals surface area contributed by atoms with Crippen LogP contribution in [0.2, 0.25) is 0 Å². The van der Waals surface area contributed by atoms with Crippen LogP contribution in [-0.4, -0.2) is 20.9 Å². The van der Waals surface area contributed by atoms with E-state index in [0.29, 0.717) is 6.54 Å². The highest BCUT2D eigenvalue weighted by Crippen LogP contribution is 2.24. The molecule has 0 bridgehead atoms. The van der Waals surface area contributed by atoms with Gasteiger partial charge in [0.25, 0.3) is 0 Å². The van der Waals surface area contributed by atoms with Crippen molar-refractivity contribution in [2.75, 3.05) is 0 Å². The first-order valence-electron chi connectivity index (χ1n) is 6.37. The quantitative estimate of drug-likeness (QED) is 0.897. The SMILES string of the molecule is CC(C)C(C(=O)O)c1cnn(Cc2ccccc2)c1. The summed E-state index contributed by atoms with van der Waals surface area (Å²) in [6.07, 6.45) is 3.48. The number of benzene rings is 1. The lowest BCUT2D eigenvalue weighted by atomic mass is 9.91. The maximum absolute atomic E-state index is 11.3. The van der Waals surface area contributed by atoms with Gasteiger partial charge in [-0.15, -0.1) is 0 Å². The molecule has 0 fully saturated rings. The van der Waals surface area contributed by atoms with Crippen LogP contribution < -0.4 is 0 Å². The average molecular weight is 258 g/mol. The molecule has 1 aromatic carbocycles. The number of aliphatic carboxylic acids is 1. The van der Waals surface area contributed by atoms with Crippen molar-refractivity contribution in [2.45, 2.75) is 26.3 Å². The first-order valence-corrected chi connectivity index (χ1v) is 6.37. The van der Waals surface area contributed by atoms with Crippen molar-refractivity contribution in [2.24, 2.45) is 5.92 Å². The van der Waals surface area contributed by atoms with E-state index in [2.05, 4.69) is 5.10 Å². The molecule has 1 N–H and O–H groups in total. The van der Waals surface area contributed by atoms with Crippen LogP contribution >= 0.6 is 0 Å². The van der Waals surface area contributed by atoms with Gasteiger partial charge in [0.15, 0.2) is 0 Å². The number of hydrogen-bond acceptors (Lipinski definition) is 2. The minimum Gasteiger partial charge on any atom is -0.481 e.